The van der Waals surface area contributed by atoms with Crippen LogP contribution >= 0.6 is 11.3 Å². The zero-order valence-electron chi connectivity index (χ0n) is 18.1. The molecule has 166 valence electrons. The van der Waals surface area contributed by atoms with Crippen LogP contribution in [0.25, 0.3) is 0 Å². The number of nitrogens with one attached hydrogen (secondary N) is 1. The van der Waals surface area contributed by atoms with Crippen LogP contribution in [0.4, 0.5) is 0 Å². The molecule has 2 saturated carbocycles. The summed E-state index contributed by atoms with van der Waals surface area (Å²) in [6, 6.07) is 8.85. The highest BCUT2D eigenvalue weighted by Gasteiger charge is 2.43. The lowest BCUT2D eigenvalue weighted by Gasteiger charge is -2.33. The maximum absolute atomic E-state index is 13.6. The summed E-state index contributed by atoms with van der Waals surface area (Å²) in [5.74, 6) is 1.06. The van der Waals surface area contributed by atoms with Crippen molar-refractivity contribution in [1.29, 1.82) is 0 Å². The lowest BCUT2D eigenvalue weighted by Crippen LogP contribution is -2.47. The van der Waals surface area contributed by atoms with Crippen LogP contribution in [0, 0.1) is 0 Å². The molecule has 0 radical (unpaired) electrons. The lowest BCUT2D eigenvalue weighted by atomic mass is 10.0. The van der Waals surface area contributed by atoms with Crippen molar-refractivity contribution in [2.75, 3.05) is 14.2 Å². The normalized spacial score (nSPS) is 17.2. The first-order valence-corrected chi connectivity index (χ1v) is 11.8. The number of benzene rings is 1. The minimum Gasteiger partial charge on any atom is -0.497 e. The van der Waals surface area contributed by atoms with Crippen LogP contribution in [0.5, 0.6) is 11.5 Å². The number of hydrogen-bond donors (Lipinski definition) is 1. The molecule has 7 heteroatoms. The molecular formula is C24H30N2O4S. The van der Waals surface area contributed by atoms with Gasteiger partial charge in [0.05, 0.1) is 20.6 Å². The van der Waals surface area contributed by atoms with Crippen molar-refractivity contribution in [2.45, 2.75) is 63.1 Å². The van der Waals surface area contributed by atoms with Crippen LogP contribution < -0.4 is 14.8 Å². The molecule has 0 saturated heterocycles. The van der Waals surface area contributed by atoms with Crippen molar-refractivity contribution in [3.05, 3.63) is 46.2 Å². The first-order valence-electron chi connectivity index (χ1n) is 11.0. The second-order valence-electron chi connectivity index (χ2n) is 8.29. The quantitative estimate of drug-likeness (QED) is 0.635. The third-order valence-electron chi connectivity index (χ3n) is 6.09. The van der Waals surface area contributed by atoms with Crippen LogP contribution in [0.15, 0.2) is 35.7 Å². The van der Waals surface area contributed by atoms with E-state index in [1.54, 1.807) is 36.5 Å². The summed E-state index contributed by atoms with van der Waals surface area (Å²) in [5, 5.41) is 5.19. The van der Waals surface area contributed by atoms with Gasteiger partial charge in [0.25, 0.3) is 0 Å². The van der Waals surface area contributed by atoms with Crippen LogP contribution in [0.3, 0.4) is 0 Å². The van der Waals surface area contributed by atoms with E-state index in [2.05, 4.69) is 5.32 Å². The first kappa shape index (κ1) is 21.7. The van der Waals surface area contributed by atoms with E-state index in [1.807, 2.05) is 29.6 Å². The number of carbonyl (C=O) groups excluding carboxylic acids is 2. The van der Waals surface area contributed by atoms with Gasteiger partial charge in [-0.15, -0.1) is 11.3 Å². The van der Waals surface area contributed by atoms with Crippen molar-refractivity contribution in [2.24, 2.45) is 0 Å². The van der Waals surface area contributed by atoms with E-state index in [0.29, 0.717) is 23.5 Å². The van der Waals surface area contributed by atoms with E-state index in [4.69, 9.17) is 9.47 Å². The first-order chi connectivity index (χ1) is 15.1. The van der Waals surface area contributed by atoms with Gasteiger partial charge in [-0.3, -0.25) is 9.59 Å². The molecule has 4 rings (SSSR count). The molecular weight excluding hydrogens is 412 g/mol. The number of rotatable bonds is 9. The number of carbonyl (C=O) groups is 2. The highest BCUT2D eigenvalue weighted by atomic mass is 32.1. The smallest absolute Gasteiger partial charge is 0.247 e. The second-order valence-corrected chi connectivity index (χ2v) is 9.32. The molecule has 6 nitrogen and oxygen atoms in total. The predicted molar refractivity (Wildman–Crippen MR) is 121 cm³/mol. The number of nitrogens with zero attached hydrogens (tertiary/aromatic N) is 1. The van der Waals surface area contributed by atoms with Crippen molar-refractivity contribution in [1.82, 2.24) is 10.2 Å². The van der Waals surface area contributed by atoms with E-state index in [9.17, 15) is 9.59 Å². The molecule has 2 fully saturated rings. The summed E-state index contributed by atoms with van der Waals surface area (Å²) in [4.78, 5) is 29.9. The lowest BCUT2D eigenvalue weighted by molar-refractivity contribution is -0.141. The third-order valence-corrected chi connectivity index (χ3v) is 6.97. The van der Waals surface area contributed by atoms with E-state index in [-0.39, 0.29) is 23.9 Å². The van der Waals surface area contributed by atoms with Crippen LogP contribution in [0.2, 0.25) is 0 Å². The summed E-state index contributed by atoms with van der Waals surface area (Å²) in [7, 11) is 3.19. The molecule has 1 heterocycles. The van der Waals surface area contributed by atoms with Gasteiger partial charge in [0, 0.05) is 22.5 Å². The van der Waals surface area contributed by atoms with Crippen molar-refractivity contribution < 1.29 is 19.1 Å². The number of thiophene rings is 1. The Bertz CT molecular complexity index is 904. The Morgan fingerprint density at radius 3 is 2.52 bits per heavy atom. The topological polar surface area (TPSA) is 67.9 Å². The standard InChI is InChI=1S/C24H30N2O4S/c1-29-18-11-12-21(30-2)20(14-18)23(24(28)25-16-6-3-4-7-16)26(17-9-10-17)22(27)15-19-8-5-13-31-19/h5,8,11-14,16-17,23H,3-4,6-7,9-10,15H2,1-2H3,(H,25,28)/t23-/m0/s1. The monoisotopic (exact) mass is 442 g/mol. The zero-order chi connectivity index (χ0) is 21.8. The second kappa shape index (κ2) is 9.73. The minimum absolute atomic E-state index is 0.0265. The SMILES string of the molecule is COc1ccc(OC)c([C@@H](C(=O)NC2CCCC2)N(C(=O)Cc2cccs2)C2CC2)c1. The summed E-state index contributed by atoms with van der Waals surface area (Å²) >= 11 is 1.56. The van der Waals surface area contributed by atoms with Gasteiger partial charge in [0.2, 0.25) is 11.8 Å². The van der Waals surface area contributed by atoms with Gasteiger partial charge in [0.15, 0.2) is 0 Å². The third kappa shape index (κ3) is 5.03. The van der Waals surface area contributed by atoms with Crippen LogP contribution in [-0.4, -0.2) is 43.0 Å². The molecule has 0 bridgehead atoms. The Morgan fingerprint density at radius 1 is 1.13 bits per heavy atom. The van der Waals surface area contributed by atoms with Crippen LogP contribution in [0.1, 0.15) is 55.0 Å². The molecule has 0 unspecified atom stereocenters. The average molecular weight is 443 g/mol. The molecule has 0 aliphatic heterocycles. The number of amides is 2. The summed E-state index contributed by atoms with van der Waals surface area (Å²) in [6.07, 6.45) is 6.35. The van der Waals surface area contributed by atoms with Gasteiger partial charge < -0.3 is 19.7 Å². The number of hydrogen-bond acceptors (Lipinski definition) is 5. The van der Waals surface area contributed by atoms with Gasteiger partial charge >= 0.3 is 0 Å². The summed E-state index contributed by atoms with van der Waals surface area (Å²) in [6.45, 7) is 0. The molecule has 1 atom stereocenters. The van der Waals surface area contributed by atoms with Crippen LogP contribution in [-0.2, 0) is 16.0 Å². The molecule has 1 aromatic heterocycles. The zero-order valence-corrected chi connectivity index (χ0v) is 19.0. The molecule has 1 N–H and O–H groups in total. The minimum atomic E-state index is -0.745. The fraction of sp³-hybridized carbons (Fsp3) is 0.500. The predicted octanol–water partition coefficient (Wildman–Crippen LogP) is 4.10. The molecule has 1 aromatic carbocycles. The Labute approximate surface area is 187 Å². The van der Waals surface area contributed by atoms with E-state index < -0.39 is 6.04 Å². The van der Waals surface area contributed by atoms with Crippen molar-refractivity contribution >= 4 is 23.2 Å². The molecule has 2 amide bonds. The number of methoxy groups -OCH3 is 2. The molecule has 0 spiro atoms. The summed E-state index contributed by atoms with van der Waals surface area (Å²) < 4.78 is 11.0. The number of ether oxygens (including phenoxy) is 2. The molecule has 2 aliphatic rings. The highest BCUT2D eigenvalue weighted by molar-refractivity contribution is 7.10. The van der Waals surface area contributed by atoms with Crippen molar-refractivity contribution in [3.63, 3.8) is 0 Å². The van der Waals surface area contributed by atoms with E-state index in [1.165, 1.54) is 0 Å². The van der Waals surface area contributed by atoms with Gasteiger partial charge in [-0.2, -0.15) is 0 Å². The largest absolute Gasteiger partial charge is 0.497 e. The van der Waals surface area contributed by atoms with E-state index in [0.717, 1.165) is 43.4 Å². The highest BCUT2D eigenvalue weighted by Crippen LogP contribution is 2.40. The van der Waals surface area contributed by atoms with Gasteiger partial charge in [-0.25, -0.2) is 0 Å². The Morgan fingerprint density at radius 2 is 1.90 bits per heavy atom. The Balaban J connectivity index is 1.71. The average Bonchev–Trinajstić information content (AvgIpc) is 3.22. The fourth-order valence-electron chi connectivity index (χ4n) is 4.39. The van der Waals surface area contributed by atoms with Gasteiger partial charge in [-0.1, -0.05) is 18.9 Å². The fourth-order valence-corrected chi connectivity index (χ4v) is 5.08. The van der Waals surface area contributed by atoms with Gasteiger partial charge in [-0.05, 0) is 55.3 Å². The summed E-state index contributed by atoms with van der Waals surface area (Å²) in [5.41, 5.74) is 0.670. The van der Waals surface area contributed by atoms with E-state index >= 15 is 0 Å². The molecule has 2 aliphatic carbocycles. The Kier molecular flexibility index (Phi) is 6.80. The maximum Gasteiger partial charge on any atom is 0.247 e. The molecule has 2 aromatic rings. The van der Waals surface area contributed by atoms with Crippen molar-refractivity contribution in [3.8, 4) is 11.5 Å². The Hall–Kier alpha value is -2.54. The maximum atomic E-state index is 13.6. The molecule has 31 heavy (non-hydrogen) atoms. The van der Waals surface area contributed by atoms with Gasteiger partial charge in [0.1, 0.15) is 17.5 Å².